The summed E-state index contributed by atoms with van der Waals surface area (Å²) in [5, 5.41) is 2.16. The van der Waals surface area contributed by atoms with Crippen LogP contribution in [0.4, 0.5) is 0 Å². The second-order valence-corrected chi connectivity index (χ2v) is 8.55. The van der Waals surface area contributed by atoms with E-state index in [1.54, 1.807) is 6.07 Å². The topological polar surface area (TPSA) is 25.2 Å². The highest BCUT2D eigenvalue weighted by atomic mass is 32.1. The number of nitrogens with zero attached hydrogens (tertiary/aromatic N) is 2. The first-order valence-electron chi connectivity index (χ1n) is 9.32. The number of pyridine rings is 1. The molecule has 1 fully saturated rings. The quantitative estimate of drug-likeness (QED) is 0.698. The van der Waals surface area contributed by atoms with Gasteiger partial charge in [0, 0.05) is 54.3 Å². The highest BCUT2D eigenvalue weighted by molar-refractivity contribution is 7.09. The normalized spacial score (nSPS) is 22.2. The van der Waals surface area contributed by atoms with Crippen molar-refractivity contribution in [1.29, 1.82) is 0 Å². The minimum Gasteiger partial charge on any atom is -0.311 e. The van der Waals surface area contributed by atoms with Crippen molar-refractivity contribution in [2.45, 2.75) is 25.4 Å². The average molecular weight is 362 g/mol. The van der Waals surface area contributed by atoms with Crippen LogP contribution in [0.1, 0.15) is 22.9 Å². The van der Waals surface area contributed by atoms with E-state index in [0.717, 1.165) is 26.2 Å². The van der Waals surface area contributed by atoms with E-state index in [1.165, 1.54) is 28.1 Å². The lowest BCUT2D eigenvalue weighted by atomic mass is 9.80. The summed E-state index contributed by atoms with van der Waals surface area (Å²) in [6, 6.07) is 18.6. The molecule has 0 N–H and O–H groups in total. The summed E-state index contributed by atoms with van der Waals surface area (Å²) in [5.41, 5.74) is 3.84. The third kappa shape index (κ3) is 2.83. The van der Waals surface area contributed by atoms with Crippen LogP contribution in [0.25, 0.3) is 11.1 Å². The molecule has 1 saturated heterocycles. The van der Waals surface area contributed by atoms with Crippen molar-refractivity contribution in [2.24, 2.45) is 5.92 Å². The Kier molecular flexibility index (Phi) is 4.03. The Bertz CT molecular complexity index is 962. The van der Waals surface area contributed by atoms with E-state index in [2.05, 4.69) is 51.2 Å². The molecule has 5 rings (SSSR count). The van der Waals surface area contributed by atoms with E-state index in [0.29, 0.717) is 11.8 Å². The highest BCUT2D eigenvalue weighted by Gasteiger charge is 2.36. The predicted molar refractivity (Wildman–Crippen MR) is 107 cm³/mol. The molecule has 2 aromatic heterocycles. The molecule has 2 atom stereocenters. The number of piperidine rings is 1. The van der Waals surface area contributed by atoms with Crippen molar-refractivity contribution < 1.29 is 0 Å². The summed E-state index contributed by atoms with van der Waals surface area (Å²) in [7, 11) is 0. The lowest BCUT2D eigenvalue weighted by molar-refractivity contribution is 0.115. The number of aromatic nitrogens is 1. The SMILES string of the molecule is O=c1ccc(-c2ccccc2)c2n1CC1CC2CN(Cc2cccs2)C1. The zero-order chi connectivity index (χ0) is 17.5. The van der Waals surface area contributed by atoms with Crippen molar-refractivity contribution in [3.63, 3.8) is 0 Å². The lowest BCUT2D eigenvalue weighted by Gasteiger charge is -2.43. The van der Waals surface area contributed by atoms with Gasteiger partial charge >= 0.3 is 0 Å². The van der Waals surface area contributed by atoms with E-state index in [-0.39, 0.29) is 5.56 Å². The molecule has 4 heteroatoms. The molecule has 4 heterocycles. The summed E-state index contributed by atoms with van der Waals surface area (Å²) in [6.07, 6.45) is 1.20. The minimum absolute atomic E-state index is 0.154. The van der Waals surface area contributed by atoms with Gasteiger partial charge in [0.05, 0.1) is 0 Å². The minimum atomic E-state index is 0.154. The van der Waals surface area contributed by atoms with Gasteiger partial charge in [-0.05, 0) is 35.4 Å². The Hall–Kier alpha value is -2.17. The molecule has 3 nitrogen and oxygen atoms in total. The van der Waals surface area contributed by atoms with Gasteiger partial charge in [-0.3, -0.25) is 9.69 Å². The van der Waals surface area contributed by atoms with Crippen LogP contribution in [0.5, 0.6) is 0 Å². The van der Waals surface area contributed by atoms with Gasteiger partial charge in [-0.1, -0.05) is 36.4 Å². The maximum absolute atomic E-state index is 12.6. The first-order chi connectivity index (χ1) is 12.8. The number of thiophene rings is 1. The Morgan fingerprint density at radius 1 is 0.962 bits per heavy atom. The van der Waals surface area contributed by atoms with Crippen molar-refractivity contribution in [2.75, 3.05) is 13.1 Å². The van der Waals surface area contributed by atoms with Gasteiger partial charge in [0.1, 0.15) is 0 Å². The Morgan fingerprint density at radius 2 is 1.85 bits per heavy atom. The van der Waals surface area contributed by atoms with Gasteiger partial charge in [-0.25, -0.2) is 0 Å². The molecule has 3 aromatic rings. The summed E-state index contributed by atoms with van der Waals surface area (Å²) < 4.78 is 2.06. The van der Waals surface area contributed by atoms with Crippen LogP contribution in [0.2, 0.25) is 0 Å². The molecule has 2 aliphatic rings. The smallest absolute Gasteiger partial charge is 0.250 e. The van der Waals surface area contributed by atoms with E-state index < -0.39 is 0 Å². The second kappa shape index (κ2) is 6.53. The van der Waals surface area contributed by atoms with Gasteiger partial charge < -0.3 is 4.57 Å². The van der Waals surface area contributed by atoms with Crippen LogP contribution < -0.4 is 5.56 Å². The Labute approximate surface area is 157 Å². The Morgan fingerprint density at radius 3 is 2.65 bits per heavy atom. The van der Waals surface area contributed by atoms with Crippen molar-refractivity contribution in [3.8, 4) is 11.1 Å². The van der Waals surface area contributed by atoms with Crippen LogP contribution in [-0.4, -0.2) is 22.6 Å². The molecular formula is C22H22N2OS. The van der Waals surface area contributed by atoms with Crippen LogP contribution in [0.15, 0.2) is 64.8 Å². The number of benzene rings is 1. The molecule has 26 heavy (non-hydrogen) atoms. The van der Waals surface area contributed by atoms with Gasteiger partial charge in [-0.15, -0.1) is 11.3 Å². The van der Waals surface area contributed by atoms with Gasteiger partial charge in [-0.2, -0.15) is 0 Å². The fourth-order valence-corrected chi connectivity index (χ4v) is 5.47. The standard InChI is InChI=1S/C22H22N2OS/c25-21-9-8-20(17-5-2-1-3-6-17)22-18-11-16(13-24(21)22)12-23(14-18)15-19-7-4-10-26-19/h1-10,16,18H,11-15H2. The number of fused-ring (bicyclic) bond motifs is 4. The van der Waals surface area contributed by atoms with E-state index in [9.17, 15) is 4.79 Å². The van der Waals surface area contributed by atoms with Crippen molar-refractivity contribution >= 4 is 11.3 Å². The maximum atomic E-state index is 12.6. The van der Waals surface area contributed by atoms with Crippen LogP contribution in [0, 0.1) is 5.92 Å². The molecular weight excluding hydrogens is 340 g/mol. The highest BCUT2D eigenvalue weighted by Crippen LogP contribution is 2.40. The summed E-state index contributed by atoms with van der Waals surface area (Å²) in [5.74, 6) is 1.01. The number of rotatable bonds is 3. The zero-order valence-corrected chi connectivity index (χ0v) is 15.5. The van der Waals surface area contributed by atoms with Crippen LogP contribution in [-0.2, 0) is 13.1 Å². The van der Waals surface area contributed by atoms with Crippen molar-refractivity contribution in [1.82, 2.24) is 9.47 Å². The summed E-state index contributed by atoms with van der Waals surface area (Å²) >= 11 is 1.84. The van der Waals surface area contributed by atoms with Crippen LogP contribution >= 0.6 is 11.3 Å². The van der Waals surface area contributed by atoms with Crippen molar-refractivity contribution in [3.05, 3.63) is 80.9 Å². The average Bonchev–Trinajstić information content (AvgIpc) is 3.16. The summed E-state index contributed by atoms with van der Waals surface area (Å²) in [6.45, 7) is 4.02. The maximum Gasteiger partial charge on any atom is 0.250 e. The van der Waals surface area contributed by atoms with Gasteiger partial charge in [0.25, 0.3) is 5.56 Å². The zero-order valence-electron chi connectivity index (χ0n) is 14.7. The monoisotopic (exact) mass is 362 g/mol. The fourth-order valence-electron chi connectivity index (χ4n) is 4.73. The first-order valence-corrected chi connectivity index (χ1v) is 10.2. The number of hydrogen-bond donors (Lipinski definition) is 0. The van der Waals surface area contributed by atoms with E-state index in [4.69, 9.17) is 0 Å². The molecule has 2 unspecified atom stereocenters. The largest absolute Gasteiger partial charge is 0.311 e. The third-order valence-electron chi connectivity index (χ3n) is 5.71. The molecule has 132 valence electrons. The second-order valence-electron chi connectivity index (χ2n) is 7.52. The molecule has 0 amide bonds. The molecule has 1 aromatic carbocycles. The molecule has 2 bridgehead atoms. The molecule has 0 spiro atoms. The summed E-state index contributed by atoms with van der Waals surface area (Å²) in [4.78, 5) is 16.6. The van der Waals surface area contributed by atoms with E-state index in [1.807, 2.05) is 23.5 Å². The molecule has 0 aliphatic carbocycles. The molecule has 2 aliphatic heterocycles. The van der Waals surface area contributed by atoms with Crippen LogP contribution in [0.3, 0.4) is 0 Å². The number of likely N-dealkylation sites (tertiary alicyclic amines) is 1. The van der Waals surface area contributed by atoms with E-state index >= 15 is 0 Å². The fraction of sp³-hybridized carbons (Fsp3) is 0.318. The first kappa shape index (κ1) is 16.0. The third-order valence-corrected chi connectivity index (χ3v) is 6.57. The van der Waals surface area contributed by atoms with Gasteiger partial charge in [0.15, 0.2) is 0 Å². The van der Waals surface area contributed by atoms with Gasteiger partial charge in [0.2, 0.25) is 0 Å². The molecule has 0 radical (unpaired) electrons. The molecule has 0 saturated carbocycles. The number of hydrogen-bond acceptors (Lipinski definition) is 3. The predicted octanol–water partition coefficient (Wildman–Crippen LogP) is 4.20. The Balaban J connectivity index is 1.54. The lowest BCUT2D eigenvalue weighted by Crippen LogP contribution is -2.46.